The van der Waals surface area contributed by atoms with Crippen molar-refractivity contribution < 1.29 is 26.4 Å². The van der Waals surface area contributed by atoms with Crippen LogP contribution in [0.15, 0.2) is 77.7 Å². The molecule has 182 valence electrons. The van der Waals surface area contributed by atoms with Crippen LogP contribution in [0, 0.1) is 0 Å². The Labute approximate surface area is 200 Å². The summed E-state index contributed by atoms with van der Waals surface area (Å²) in [5.74, 6) is -0.595. The van der Waals surface area contributed by atoms with Crippen LogP contribution < -0.4 is 11.1 Å². The van der Waals surface area contributed by atoms with Gasteiger partial charge in [-0.05, 0) is 41.5 Å². The van der Waals surface area contributed by atoms with Gasteiger partial charge in [0.1, 0.15) is 11.9 Å². The number of halogens is 3. The number of hydrogen-bond acceptors (Lipinski definition) is 5. The first kappa shape index (κ1) is 25.9. The van der Waals surface area contributed by atoms with Crippen LogP contribution in [0.25, 0.3) is 18.2 Å². The van der Waals surface area contributed by atoms with Gasteiger partial charge in [0.15, 0.2) is 9.84 Å². The molecule has 0 saturated heterocycles. The molecule has 0 aliphatic heterocycles. The molecule has 0 fully saturated rings. The maximum absolute atomic E-state index is 13.2. The Bertz CT molecular complexity index is 1350. The number of hydrogen-bond donors (Lipinski definition) is 2. The zero-order valence-corrected chi connectivity index (χ0v) is 19.3. The number of benzene rings is 2. The van der Waals surface area contributed by atoms with E-state index in [4.69, 9.17) is 5.73 Å². The third-order valence-corrected chi connectivity index (χ3v) is 5.99. The van der Waals surface area contributed by atoms with Crippen molar-refractivity contribution in [2.45, 2.75) is 17.2 Å². The standard InChI is InChI=1S/C25H22F3N3O3S/c1-35(33,34)20-12-8-19(9-13-20)24(29)31-23(32)16-11-18-10-15-22(25(26,27)28)30-21(18)14-7-17-5-3-2-4-6-17/h2-16,24H,29H2,1H3,(H,31,32). The minimum absolute atomic E-state index is 0.0355. The molecule has 10 heteroatoms. The van der Waals surface area contributed by atoms with E-state index in [9.17, 15) is 26.4 Å². The molecule has 0 spiro atoms. The van der Waals surface area contributed by atoms with Gasteiger partial charge < -0.3 is 11.1 Å². The molecule has 1 amide bonds. The van der Waals surface area contributed by atoms with Gasteiger partial charge in [-0.15, -0.1) is 0 Å². The molecule has 0 aliphatic rings. The van der Waals surface area contributed by atoms with Gasteiger partial charge in [0.05, 0.1) is 10.6 Å². The largest absolute Gasteiger partial charge is 0.433 e. The highest BCUT2D eigenvalue weighted by Crippen LogP contribution is 2.29. The summed E-state index contributed by atoms with van der Waals surface area (Å²) >= 11 is 0. The number of rotatable bonds is 7. The number of nitrogens with two attached hydrogens (primary N) is 1. The summed E-state index contributed by atoms with van der Waals surface area (Å²) in [5, 5.41) is 2.52. The molecule has 2 aromatic carbocycles. The predicted octanol–water partition coefficient (Wildman–Crippen LogP) is 4.46. The second kappa shape index (κ2) is 10.7. The van der Waals surface area contributed by atoms with E-state index in [2.05, 4.69) is 10.3 Å². The summed E-state index contributed by atoms with van der Waals surface area (Å²) in [5.41, 5.74) is 6.50. The Morgan fingerprint density at radius 3 is 2.23 bits per heavy atom. The Balaban J connectivity index is 1.78. The molecule has 3 N–H and O–H groups in total. The molecule has 1 atom stereocenters. The van der Waals surface area contributed by atoms with E-state index in [1.807, 2.05) is 6.07 Å². The number of sulfone groups is 1. The summed E-state index contributed by atoms with van der Waals surface area (Å²) in [6.45, 7) is 0. The van der Waals surface area contributed by atoms with Crippen molar-refractivity contribution in [3.05, 3.63) is 101 Å². The van der Waals surface area contributed by atoms with Crippen molar-refractivity contribution in [3.63, 3.8) is 0 Å². The fourth-order valence-corrected chi connectivity index (χ4v) is 3.66. The van der Waals surface area contributed by atoms with E-state index >= 15 is 0 Å². The van der Waals surface area contributed by atoms with Crippen LogP contribution in [0.1, 0.15) is 34.2 Å². The molecule has 6 nitrogen and oxygen atoms in total. The lowest BCUT2D eigenvalue weighted by molar-refractivity contribution is -0.141. The van der Waals surface area contributed by atoms with E-state index in [-0.39, 0.29) is 10.6 Å². The summed E-state index contributed by atoms with van der Waals surface area (Å²) < 4.78 is 62.6. The zero-order chi connectivity index (χ0) is 25.6. The molecule has 0 radical (unpaired) electrons. The molecule has 1 heterocycles. The zero-order valence-electron chi connectivity index (χ0n) is 18.5. The van der Waals surface area contributed by atoms with Gasteiger partial charge in [0.25, 0.3) is 0 Å². The second-order valence-electron chi connectivity index (χ2n) is 7.57. The quantitative estimate of drug-likeness (QED) is 0.368. The number of carbonyl (C=O) groups is 1. The Morgan fingerprint density at radius 1 is 0.971 bits per heavy atom. The molecule has 0 saturated carbocycles. The lowest BCUT2D eigenvalue weighted by atomic mass is 10.1. The van der Waals surface area contributed by atoms with E-state index in [1.54, 1.807) is 30.3 Å². The van der Waals surface area contributed by atoms with Crippen molar-refractivity contribution in [2.24, 2.45) is 5.73 Å². The average molecular weight is 502 g/mol. The number of carbonyl (C=O) groups excluding carboxylic acids is 1. The fourth-order valence-electron chi connectivity index (χ4n) is 3.03. The number of nitrogens with zero attached hydrogens (tertiary/aromatic N) is 1. The molecule has 35 heavy (non-hydrogen) atoms. The Morgan fingerprint density at radius 2 is 1.63 bits per heavy atom. The molecule has 0 bridgehead atoms. The predicted molar refractivity (Wildman–Crippen MR) is 128 cm³/mol. The van der Waals surface area contributed by atoms with Crippen LogP contribution in [0.2, 0.25) is 0 Å². The minimum atomic E-state index is -4.62. The van der Waals surface area contributed by atoms with Crippen molar-refractivity contribution >= 4 is 34.0 Å². The highest BCUT2D eigenvalue weighted by molar-refractivity contribution is 7.90. The molecule has 1 aromatic heterocycles. The van der Waals surface area contributed by atoms with Gasteiger partial charge in [-0.25, -0.2) is 13.4 Å². The fraction of sp³-hybridized carbons (Fsp3) is 0.120. The van der Waals surface area contributed by atoms with Gasteiger partial charge >= 0.3 is 6.18 Å². The minimum Gasteiger partial charge on any atom is -0.333 e. The smallest absolute Gasteiger partial charge is 0.333 e. The van der Waals surface area contributed by atoms with Crippen LogP contribution in [0.3, 0.4) is 0 Å². The van der Waals surface area contributed by atoms with Crippen molar-refractivity contribution in [1.29, 1.82) is 0 Å². The van der Waals surface area contributed by atoms with Crippen LogP contribution >= 0.6 is 0 Å². The van der Waals surface area contributed by atoms with Crippen LogP contribution in [-0.2, 0) is 20.8 Å². The van der Waals surface area contributed by atoms with E-state index in [1.165, 1.54) is 42.5 Å². The van der Waals surface area contributed by atoms with Crippen molar-refractivity contribution in [3.8, 4) is 0 Å². The summed E-state index contributed by atoms with van der Waals surface area (Å²) in [4.78, 5) is 16.2. The average Bonchev–Trinajstić information content (AvgIpc) is 2.81. The summed E-state index contributed by atoms with van der Waals surface area (Å²) in [6.07, 6.45) is 1.07. The van der Waals surface area contributed by atoms with Gasteiger partial charge in [-0.1, -0.05) is 54.6 Å². The summed E-state index contributed by atoms with van der Waals surface area (Å²) in [7, 11) is -3.37. The molecule has 3 aromatic rings. The van der Waals surface area contributed by atoms with E-state index < -0.39 is 33.8 Å². The molecular formula is C25H22F3N3O3S. The number of nitrogens with one attached hydrogen (secondary N) is 1. The first-order valence-corrected chi connectivity index (χ1v) is 12.2. The van der Waals surface area contributed by atoms with Crippen LogP contribution in [0.5, 0.6) is 0 Å². The van der Waals surface area contributed by atoms with Crippen molar-refractivity contribution in [2.75, 3.05) is 6.26 Å². The number of aromatic nitrogens is 1. The number of pyridine rings is 1. The van der Waals surface area contributed by atoms with Gasteiger partial charge in [0, 0.05) is 17.9 Å². The maximum atomic E-state index is 13.2. The second-order valence-corrected chi connectivity index (χ2v) is 9.59. The first-order valence-electron chi connectivity index (χ1n) is 10.3. The van der Waals surface area contributed by atoms with E-state index in [0.29, 0.717) is 11.1 Å². The topological polar surface area (TPSA) is 102 Å². The Kier molecular flexibility index (Phi) is 7.88. The lowest BCUT2D eigenvalue weighted by Gasteiger charge is -2.13. The molecule has 0 aliphatic carbocycles. The Hall–Kier alpha value is -3.76. The highest BCUT2D eigenvalue weighted by Gasteiger charge is 2.32. The number of amides is 1. The summed E-state index contributed by atoms with van der Waals surface area (Å²) in [6, 6.07) is 16.8. The van der Waals surface area contributed by atoms with Gasteiger partial charge in [-0.3, -0.25) is 4.79 Å². The molecular weight excluding hydrogens is 479 g/mol. The first-order chi connectivity index (χ1) is 16.4. The monoisotopic (exact) mass is 501 g/mol. The third-order valence-electron chi connectivity index (χ3n) is 4.86. The molecule has 3 rings (SSSR count). The highest BCUT2D eigenvalue weighted by atomic mass is 32.2. The normalized spacial score (nSPS) is 13.3. The van der Waals surface area contributed by atoms with Gasteiger partial charge in [-0.2, -0.15) is 13.2 Å². The van der Waals surface area contributed by atoms with Crippen molar-refractivity contribution in [1.82, 2.24) is 10.3 Å². The lowest BCUT2D eigenvalue weighted by Crippen LogP contribution is -2.32. The van der Waals surface area contributed by atoms with Crippen LogP contribution in [0.4, 0.5) is 13.2 Å². The van der Waals surface area contributed by atoms with Gasteiger partial charge in [0.2, 0.25) is 5.91 Å². The third kappa shape index (κ3) is 7.36. The maximum Gasteiger partial charge on any atom is 0.433 e. The molecule has 1 unspecified atom stereocenters. The van der Waals surface area contributed by atoms with Crippen LogP contribution in [-0.4, -0.2) is 25.6 Å². The SMILES string of the molecule is CS(=O)(=O)c1ccc(C(N)NC(=O)C=Cc2ccc(C(F)(F)F)nc2C=Cc2ccccc2)cc1. The van der Waals surface area contributed by atoms with E-state index in [0.717, 1.165) is 24.0 Å². The number of alkyl halides is 3.